The summed E-state index contributed by atoms with van der Waals surface area (Å²) in [6.07, 6.45) is 0.649. The van der Waals surface area contributed by atoms with Crippen LogP contribution < -0.4 is 10.2 Å². The number of rotatable bonds is 5. The topological polar surface area (TPSA) is 163 Å². The lowest BCUT2D eigenvalue weighted by atomic mass is 10.1. The number of amides is 2. The number of carbonyl (C=O) groups excluding carboxylic acids is 2. The number of carboxylic acid groups (broad SMARTS) is 1. The van der Waals surface area contributed by atoms with Crippen LogP contribution in [-0.2, 0) is 27.2 Å². The Labute approximate surface area is 165 Å². The van der Waals surface area contributed by atoms with Crippen LogP contribution in [0.4, 0.5) is 10.6 Å². The average Bonchev–Trinajstić information content (AvgIpc) is 3.26. The third-order valence-electron chi connectivity index (χ3n) is 4.11. The van der Waals surface area contributed by atoms with Crippen molar-refractivity contribution in [1.29, 1.82) is 0 Å². The zero-order chi connectivity index (χ0) is 21.2. The lowest BCUT2D eigenvalue weighted by Crippen LogP contribution is -2.54. The first-order valence-electron chi connectivity index (χ1n) is 8.87. The van der Waals surface area contributed by atoms with Gasteiger partial charge in [-0.1, -0.05) is 11.3 Å². The lowest BCUT2D eigenvalue weighted by molar-refractivity contribution is -0.140. The molecule has 3 N–H and O–H groups in total. The van der Waals surface area contributed by atoms with Crippen LogP contribution >= 0.6 is 0 Å². The van der Waals surface area contributed by atoms with Crippen LogP contribution in [0.15, 0.2) is 18.3 Å². The smallest absolute Gasteiger partial charge is 0.408 e. The molecule has 0 aromatic carbocycles. The Kier molecular flexibility index (Phi) is 5.43. The second-order valence-corrected chi connectivity index (χ2v) is 7.48. The Morgan fingerprint density at radius 1 is 1.41 bits per heavy atom. The molecule has 2 aromatic heterocycles. The number of pyridine rings is 1. The molecule has 0 bridgehead atoms. The SMILES string of the molecule is CC(C)(C)OC(=O)N[C@@H](Cc1nn[nH]n1)C(=O)N1c2ncccc2CC1C(=O)O. The van der Waals surface area contributed by atoms with E-state index < -0.39 is 35.7 Å². The van der Waals surface area contributed by atoms with E-state index in [9.17, 15) is 19.5 Å². The highest BCUT2D eigenvalue weighted by Gasteiger charge is 2.42. The quantitative estimate of drug-likeness (QED) is 0.627. The molecular formula is C17H21N7O5. The summed E-state index contributed by atoms with van der Waals surface area (Å²) in [5.74, 6) is -1.42. The third-order valence-corrected chi connectivity index (χ3v) is 4.11. The standard InChI is InChI=1S/C17H21N7O5/c1-17(2,3)29-16(28)19-10(8-12-20-22-23-21-12)14(25)24-11(15(26)27)7-9-5-4-6-18-13(9)24/h4-6,10-11H,7-8H2,1-3H3,(H,19,28)(H,26,27)(H,20,21,22,23)/t10-,11?/m0/s1. The number of alkyl carbamates (subject to hydrolysis) is 1. The van der Waals surface area contributed by atoms with Gasteiger partial charge < -0.3 is 15.2 Å². The van der Waals surface area contributed by atoms with E-state index in [0.717, 1.165) is 4.90 Å². The normalized spacial score (nSPS) is 16.8. The predicted molar refractivity (Wildman–Crippen MR) is 97.9 cm³/mol. The summed E-state index contributed by atoms with van der Waals surface area (Å²) in [5.41, 5.74) is -0.154. The van der Waals surface area contributed by atoms with Crippen molar-refractivity contribution in [2.75, 3.05) is 4.90 Å². The van der Waals surface area contributed by atoms with Gasteiger partial charge in [0.1, 0.15) is 23.5 Å². The molecule has 12 nitrogen and oxygen atoms in total. The number of ether oxygens (including phenoxy) is 1. The van der Waals surface area contributed by atoms with Crippen molar-refractivity contribution in [1.82, 2.24) is 30.9 Å². The van der Waals surface area contributed by atoms with E-state index in [1.54, 1.807) is 32.9 Å². The van der Waals surface area contributed by atoms with Crippen LogP contribution in [0, 0.1) is 0 Å². The minimum absolute atomic E-state index is 0.112. The molecule has 0 spiro atoms. The highest BCUT2D eigenvalue weighted by Crippen LogP contribution is 2.31. The molecule has 0 saturated carbocycles. The number of hydrogen-bond acceptors (Lipinski definition) is 8. The fourth-order valence-corrected chi connectivity index (χ4v) is 2.98. The minimum Gasteiger partial charge on any atom is -0.480 e. The van der Waals surface area contributed by atoms with Gasteiger partial charge in [0.05, 0.1) is 0 Å². The average molecular weight is 403 g/mol. The highest BCUT2D eigenvalue weighted by molar-refractivity contribution is 6.04. The van der Waals surface area contributed by atoms with Gasteiger partial charge in [0, 0.05) is 19.0 Å². The van der Waals surface area contributed by atoms with Crippen molar-refractivity contribution in [2.45, 2.75) is 51.3 Å². The van der Waals surface area contributed by atoms with Crippen LogP contribution in [0.5, 0.6) is 0 Å². The number of aliphatic carboxylic acids is 1. The molecule has 1 unspecified atom stereocenters. The second-order valence-electron chi connectivity index (χ2n) is 7.48. The summed E-state index contributed by atoms with van der Waals surface area (Å²) in [5, 5.41) is 25.4. The van der Waals surface area contributed by atoms with Gasteiger partial charge in [0.25, 0.3) is 5.91 Å². The molecule has 2 aromatic rings. The molecule has 1 aliphatic heterocycles. The van der Waals surface area contributed by atoms with Crippen molar-refractivity contribution in [3.05, 3.63) is 29.7 Å². The monoisotopic (exact) mass is 403 g/mol. The number of aromatic nitrogens is 5. The number of tetrazole rings is 1. The maximum Gasteiger partial charge on any atom is 0.408 e. The van der Waals surface area contributed by atoms with E-state index in [0.29, 0.717) is 5.56 Å². The van der Waals surface area contributed by atoms with Crippen molar-refractivity contribution in [2.24, 2.45) is 0 Å². The van der Waals surface area contributed by atoms with E-state index in [1.807, 2.05) is 0 Å². The van der Waals surface area contributed by atoms with Crippen LogP contribution in [0.25, 0.3) is 0 Å². The molecule has 0 aliphatic carbocycles. The Balaban J connectivity index is 1.90. The van der Waals surface area contributed by atoms with Crippen LogP contribution in [0.3, 0.4) is 0 Å². The maximum absolute atomic E-state index is 13.3. The van der Waals surface area contributed by atoms with Gasteiger partial charge in [-0.3, -0.25) is 9.69 Å². The number of anilines is 1. The van der Waals surface area contributed by atoms with Gasteiger partial charge in [-0.25, -0.2) is 14.6 Å². The van der Waals surface area contributed by atoms with Crippen molar-refractivity contribution in [3.8, 4) is 0 Å². The second kappa shape index (κ2) is 7.81. The van der Waals surface area contributed by atoms with Gasteiger partial charge in [-0.05, 0) is 32.4 Å². The summed E-state index contributed by atoms with van der Waals surface area (Å²) in [4.78, 5) is 42.6. The molecule has 1 aliphatic rings. The van der Waals surface area contributed by atoms with Gasteiger partial charge in [0.15, 0.2) is 5.82 Å². The summed E-state index contributed by atoms with van der Waals surface area (Å²) in [6, 6.07) is 1.06. The number of carboxylic acids is 1. The number of nitrogens with zero attached hydrogens (tertiary/aromatic N) is 5. The Hall–Kier alpha value is -3.57. The Morgan fingerprint density at radius 2 is 2.17 bits per heavy atom. The zero-order valence-corrected chi connectivity index (χ0v) is 16.1. The predicted octanol–water partition coefficient (Wildman–Crippen LogP) is 0.0730. The number of H-pyrrole nitrogens is 1. The summed E-state index contributed by atoms with van der Waals surface area (Å²) < 4.78 is 5.23. The molecule has 3 heterocycles. The zero-order valence-electron chi connectivity index (χ0n) is 16.1. The van der Waals surface area contributed by atoms with E-state index >= 15 is 0 Å². The summed E-state index contributed by atoms with van der Waals surface area (Å²) in [7, 11) is 0. The fraction of sp³-hybridized carbons (Fsp3) is 0.471. The molecule has 154 valence electrons. The fourth-order valence-electron chi connectivity index (χ4n) is 2.98. The van der Waals surface area contributed by atoms with Gasteiger partial charge in [-0.2, -0.15) is 5.21 Å². The third kappa shape index (κ3) is 4.65. The first-order valence-corrected chi connectivity index (χ1v) is 8.87. The van der Waals surface area contributed by atoms with E-state index in [2.05, 4.69) is 30.9 Å². The number of fused-ring (bicyclic) bond motifs is 1. The summed E-state index contributed by atoms with van der Waals surface area (Å²) in [6.45, 7) is 5.05. The molecule has 0 saturated heterocycles. The Morgan fingerprint density at radius 3 is 2.79 bits per heavy atom. The van der Waals surface area contributed by atoms with Crippen LogP contribution in [0.2, 0.25) is 0 Å². The molecule has 29 heavy (non-hydrogen) atoms. The maximum atomic E-state index is 13.3. The van der Waals surface area contributed by atoms with Crippen molar-refractivity contribution >= 4 is 23.8 Å². The first kappa shape index (κ1) is 20.2. The molecule has 3 rings (SSSR count). The van der Waals surface area contributed by atoms with E-state index in [1.165, 1.54) is 6.20 Å². The largest absolute Gasteiger partial charge is 0.480 e. The molecule has 0 fully saturated rings. The number of aromatic amines is 1. The van der Waals surface area contributed by atoms with E-state index in [4.69, 9.17) is 4.74 Å². The summed E-state index contributed by atoms with van der Waals surface area (Å²) >= 11 is 0. The molecule has 2 amide bonds. The van der Waals surface area contributed by atoms with Crippen molar-refractivity contribution in [3.63, 3.8) is 0 Å². The van der Waals surface area contributed by atoms with Crippen LogP contribution in [-0.4, -0.2) is 66.4 Å². The van der Waals surface area contributed by atoms with Gasteiger partial charge >= 0.3 is 12.1 Å². The van der Waals surface area contributed by atoms with Crippen LogP contribution in [0.1, 0.15) is 32.2 Å². The Bertz CT molecular complexity index is 909. The van der Waals surface area contributed by atoms with Gasteiger partial charge in [-0.15, -0.1) is 10.2 Å². The lowest BCUT2D eigenvalue weighted by Gasteiger charge is -2.28. The molecule has 2 atom stereocenters. The van der Waals surface area contributed by atoms with E-state index in [-0.39, 0.29) is 24.5 Å². The molecule has 12 heteroatoms. The highest BCUT2D eigenvalue weighted by atomic mass is 16.6. The molecular weight excluding hydrogens is 382 g/mol. The number of carbonyl (C=O) groups is 3. The first-order chi connectivity index (χ1) is 13.7. The number of hydrogen-bond donors (Lipinski definition) is 3. The van der Waals surface area contributed by atoms with Crippen molar-refractivity contribution < 1.29 is 24.2 Å². The molecule has 0 radical (unpaired) electrons. The number of nitrogens with one attached hydrogen (secondary N) is 2. The minimum atomic E-state index is -1.18. The van der Waals surface area contributed by atoms with Gasteiger partial charge in [0.2, 0.25) is 0 Å².